The van der Waals surface area contributed by atoms with Gasteiger partial charge in [0.15, 0.2) is 15.8 Å². The number of nitrogens with one attached hydrogen (secondary N) is 1. The molecule has 1 amide bonds. The molecule has 0 bridgehead atoms. The summed E-state index contributed by atoms with van der Waals surface area (Å²) in [5, 5.41) is 2.64. The molecule has 0 saturated heterocycles. The lowest BCUT2D eigenvalue weighted by Gasteiger charge is -2.21. The lowest BCUT2D eigenvalue weighted by molar-refractivity contribution is -0.145. The summed E-state index contributed by atoms with van der Waals surface area (Å²) in [4.78, 5) is 29.0. The first-order valence-corrected chi connectivity index (χ1v) is 11.8. The molecule has 0 aliphatic heterocycles. The highest BCUT2D eigenvalue weighted by Gasteiger charge is 2.30. The van der Waals surface area contributed by atoms with Gasteiger partial charge >= 0.3 is 5.97 Å². The maximum atomic E-state index is 12.9. The van der Waals surface area contributed by atoms with E-state index in [0.29, 0.717) is 24.9 Å². The summed E-state index contributed by atoms with van der Waals surface area (Å²) in [5.41, 5.74) is 16.6. The van der Waals surface area contributed by atoms with Crippen molar-refractivity contribution in [3.05, 3.63) is 24.3 Å². The first kappa shape index (κ1) is 26.2. The third-order valence-corrected chi connectivity index (χ3v) is 6.52. The lowest BCUT2D eigenvalue weighted by atomic mass is 10.0. The SMILES string of the molecule is CCCCC(CS(=O)(=O)c1ccc(N)cc1)C(=O)NC(CCCN=C(N)N)C(=O)OC. The van der Waals surface area contributed by atoms with E-state index in [-0.39, 0.29) is 29.6 Å². The Morgan fingerprint density at radius 3 is 2.32 bits per heavy atom. The number of esters is 1. The summed E-state index contributed by atoms with van der Waals surface area (Å²) in [6.07, 6.45) is 2.52. The maximum absolute atomic E-state index is 12.9. The summed E-state index contributed by atoms with van der Waals surface area (Å²) >= 11 is 0. The van der Waals surface area contributed by atoms with E-state index in [0.717, 1.165) is 6.42 Å². The zero-order chi connectivity index (χ0) is 23.4. The van der Waals surface area contributed by atoms with Gasteiger partial charge in [0.2, 0.25) is 5.91 Å². The van der Waals surface area contributed by atoms with Crippen LogP contribution >= 0.6 is 0 Å². The number of unbranched alkanes of at least 4 members (excludes halogenated alkanes) is 1. The van der Waals surface area contributed by atoms with Crippen molar-refractivity contribution in [2.45, 2.75) is 50.0 Å². The quantitative estimate of drug-likeness (QED) is 0.109. The smallest absolute Gasteiger partial charge is 0.328 e. The predicted octanol–water partition coefficient (Wildman–Crippen LogP) is 0.560. The van der Waals surface area contributed by atoms with Crippen molar-refractivity contribution in [2.75, 3.05) is 25.1 Å². The summed E-state index contributed by atoms with van der Waals surface area (Å²) in [7, 11) is -2.50. The molecule has 2 atom stereocenters. The molecule has 31 heavy (non-hydrogen) atoms. The number of aliphatic imine (C=N–C) groups is 1. The van der Waals surface area contributed by atoms with Crippen molar-refractivity contribution < 1.29 is 22.7 Å². The molecule has 1 rings (SSSR count). The molecule has 2 unspecified atom stereocenters. The van der Waals surface area contributed by atoms with Crippen LogP contribution in [-0.2, 0) is 24.2 Å². The molecular formula is C20H33N5O5S. The molecule has 0 heterocycles. The van der Waals surface area contributed by atoms with Crippen LogP contribution in [-0.4, -0.2) is 51.7 Å². The van der Waals surface area contributed by atoms with Gasteiger partial charge in [-0.05, 0) is 43.5 Å². The van der Waals surface area contributed by atoms with Crippen LogP contribution in [0.3, 0.4) is 0 Å². The van der Waals surface area contributed by atoms with Crippen LogP contribution in [0.2, 0.25) is 0 Å². The molecule has 0 saturated carbocycles. The minimum Gasteiger partial charge on any atom is -0.467 e. The number of rotatable bonds is 13. The van der Waals surface area contributed by atoms with Crippen LogP contribution < -0.4 is 22.5 Å². The van der Waals surface area contributed by atoms with Gasteiger partial charge in [-0.15, -0.1) is 0 Å². The Kier molecular flexibility index (Phi) is 10.8. The van der Waals surface area contributed by atoms with E-state index in [1.165, 1.54) is 31.4 Å². The van der Waals surface area contributed by atoms with Crippen LogP contribution in [0, 0.1) is 5.92 Å². The fraction of sp³-hybridized carbons (Fsp3) is 0.550. The fourth-order valence-electron chi connectivity index (χ4n) is 2.96. The summed E-state index contributed by atoms with van der Waals surface area (Å²) in [6.45, 7) is 2.24. The van der Waals surface area contributed by atoms with Gasteiger partial charge in [-0.2, -0.15) is 0 Å². The van der Waals surface area contributed by atoms with E-state index in [1.54, 1.807) is 0 Å². The molecule has 0 radical (unpaired) electrons. The topological polar surface area (TPSA) is 180 Å². The van der Waals surface area contributed by atoms with Crippen molar-refractivity contribution in [3.63, 3.8) is 0 Å². The Hall–Kier alpha value is -2.82. The Morgan fingerprint density at radius 2 is 1.77 bits per heavy atom. The normalized spacial score (nSPS) is 13.1. The molecule has 0 fully saturated rings. The number of nitrogens with zero attached hydrogens (tertiary/aromatic N) is 1. The van der Waals surface area contributed by atoms with Gasteiger partial charge in [0, 0.05) is 12.2 Å². The monoisotopic (exact) mass is 455 g/mol. The molecule has 0 aliphatic carbocycles. The van der Waals surface area contributed by atoms with Crippen molar-refractivity contribution in [2.24, 2.45) is 22.4 Å². The first-order chi connectivity index (χ1) is 14.6. The number of anilines is 1. The minimum atomic E-state index is -3.72. The van der Waals surface area contributed by atoms with Crippen molar-refractivity contribution in [1.29, 1.82) is 0 Å². The Bertz CT molecular complexity index is 851. The number of benzene rings is 1. The maximum Gasteiger partial charge on any atom is 0.328 e. The highest BCUT2D eigenvalue weighted by molar-refractivity contribution is 7.91. The van der Waals surface area contributed by atoms with E-state index in [2.05, 4.69) is 10.3 Å². The second-order valence-corrected chi connectivity index (χ2v) is 9.26. The van der Waals surface area contributed by atoms with Gasteiger partial charge in [0.25, 0.3) is 0 Å². The van der Waals surface area contributed by atoms with Crippen LogP contribution in [0.25, 0.3) is 0 Å². The average Bonchev–Trinajstić information content (AvgIpc) is 2.72. The summed E-state index contributed by atoms with van der Waals surface area (Å²) < 4.78 is 30.4. The molecule has 10 nitrogen and oxygen atoms in total. The first-order valence-electron chi connectivity index (χ1n) is 10.1. The van der Waals surface area contributed by atoms with Gasteiger partial charge < -0.3 is 27.3 Å². The molecule has 7 N–H and O–H groups in total. The lowest BCUT2D eigenvalue weighted by Crippen LogP contribution is -2.45. The number of sulfone groups is 1. The molecule has 0 aliphatic rings. The Labute approximate surface area is 183 Å². The van der Waals surface area contributed by atoms with Gasteiger partial charge in [0.05, 0.1) is 23.7 Å². The van der Waals surface area contributed by atoms with Gasteiger partial charge in [-0.3, -0.25) is 9.79 Å². The number of hydrogen-bond donors (Lipinski definition) is 4. The number of nitrogens with two attached hydrogens (primary N) is 3. The second-order valence-electron chi connectivity index (χ2n) is 7.22. The average molecular weight is 456 g/mol. The Balaban J connectivity index is 2.94. The third kappa shape index (κ3) is 9.24. The van der Waals surface area contributed by atoms with E-state index in [9.17, 15) is 18.0 Å². The summed E-state index contributed by atoms with van der Waals surface area (Å²) in [5.74, 6) is -2.37. The van der Waals surface area contributed by atoms with Crippen molar-refractivity contribution in [1.82, 2.24) is 5.32 Å². The standard InChI is InChI=1S/C20H33N5O5S/c1-3-4-6-14(13-31(28,29)16-10-8-15(21)9-11-16)18(26)25-17(19(27)30-2)7-5-12-24-20(22)23/h8-11,14,17H,3-7,12-13,21H2,1-2H3,(H,25,26)(H4,22,23,24). The van der Waals surface area contributed by atoms with Gasteiger partial charge in [0.1, 0.15) is 6.04 Å². The zero-order valence-electron chi connectivity index (χ0n) is 18.0. The molecule has 1 aromatic carbocycles. The number of nitrogen functional groups attached to an aromatic ring is 1. The number of amides is 1. The van der Waals surface area contributed by atoms with Crippen LogP contribution in [0.4, 0.5) is 5.69 Å². The summed E-state index contributed by atoms with van der Waals surface area (Å²) in [6, 6.07) is 4.91. The van der Waals surface area contributed by atoms with Crippen molar-refractivity contribution in [3.8, 4) is 0 Å². The van der Waals surface area contributed by atoms with E-state index in [4.69, 9.17) is 21.9 Å². The Morgan fingerprint density at radius 1 is 1.13 bits per heavy atom. The predicted molar refractivity (Wildman–Crippen MR) is 120 cm³/mol. The molecule has 0 spiro atoms. The zero-order valence-corrected chi connectivity index (χ0v) is 18.9. The van der Waals surface area contributed by atoms with Crippen LogP contribution in [0.1, 0.15) is 39.0 Å². The molecule has 174 valence electrons. The van der Waals surface area contributed by atoms with E-state index >= 15 is 0 Å². The molecule has 1 aromatic rings. The number of carbonyl (C=O) groups excluding carboxylic acids is 2. The van der Waals surface area contributed by atoms with E-state index in [1.807, 2.05) is 6.92 Å². The van der Waals surface area contributed by atoms with Gasteiger partial charge in [-0.25, -0.2) is 13.2 Å². The second kappa shape index (κ2) is 12.8. The number of carbonyl (C=O) groups is 2. The highest BCUT2D eigenvalue weighted by atomic mass is 32.2. The molecule has 0 aromatic heterocycles. The number of ether oxygens (including phenoxy) is 1. The number of hydrogen-bond acceptors (Lipinski definition) is 7. The molecular weight excluding hydrogens is 422 g/mol. The number of guanidine groups is 1. The number of methoxy groups -OCH3 is 1. The largest absolute Gasteiger partial charge is 0.467 e. The van der Waals surface area contributed by atoms with E-state index < -0.39 is 33.7 Å². The van der Waals surface area contributed by atoms with Gasteiger partial charge in [-0.1, -0.05) is 19.8 Å². The fourth-order valence-corrected chi connectivity index (χ4v) is 4.55. The minimum absolute atomic E-state index is 0.0637. The van der Waals surface area contributed by atoms with Crippen molar-refractivity contribution >= 4 is 33.4 Å². The molecule has 11 heteroatoms. The van der Waals surface area contributed by atoms with Crippen LogP contribution in [0.15, 0.2) is 34.2 Å². The van der Waals surface area contributed by atoms with Crippen LogP contribution in [0.5, 0.6) is 0 Å². The third-order valence-electron chi connectivity index (χ3n) is 4.68. The highest BCUT2D eigenvalue weighted by Crippen LogP contribution is 2.20.